The molecule has 0 heterocycles. The number of alkyl carbamates (subject to hydrolysis) is 1. The Morgan fingerprint density at radius 2 is 2.06 bits per heavy atom. The molecule has 1 aliphatic rings. The van der Waals surface area contributed by atoms with Crippen LogP contribution < -0.4 is 11.1 Å². The SMILES string of the molecule is CC#CC(N)C1(NC(=O)OC(C)(C)C)CC1. The van der Waals surface area contributed by atoms with E-state index in [0.29, 0.717) is 0 Å². The van der Waals surface area contributed by atoms with E-state index in [9.17, 15) is 4.79 Å². The molecule has 1 fully saturated rings. The number of carbonyl (C=O) groups excluding carboxylic acids is 1. The van der Waals surface area contributed by atoms with Gasteiger partial charge in [0.2, 0.25) is 0 Å². The predicted molar refractivity (Wildman–Crippen MR) is 62.8 cm³/mol. The second-order valence-electron chi connectivity index (χ2n) is 5.16. The first-order valence-corrected chi connectivity index (χ1v) is 5.48. The smallest absolute Gasteiger partial charge is 0.408 e. The third-order valence-corrected chi connectivity index (χ3v) is 2.43. The third kappa shape index (κ3) is 3.42. The minimum absolute atomic E-state index is 0.315. The van der Waals surface area contributed by atoms with Crippen molar-refractivity contribution in [3.63, 3.8) is 0 Å². The van der Waals surface area contributed by atoms with Gasteiger partial charge in [0.1, 0.15) is 5.60 Å². The Labute approximate surface area is 96.9 Å². The molecule has 1 rings (SSSR count). The van der Waals surface area contributed by atoms with Crippen LogP contribution in [0.5, 0.6) is 0 Å². The van der Waals surface area contributed by atoms with Crippen LogP contribution in [0.4, 0.5) is 4.79 Å². The van der Waals surface area contributed by atoms with Crippen LogP contribution in [-0.2, 0) is 4.74 Å². The van der Waals surface area contributed by atoms with Crippen LogP contribution in [-0.4, -0.2) is 23.3 Å². The molecule has 1 unspecified atom stereocenters. The number of nitrogens with one attached hydrogen (secondary N) is 1. The molecule has 1 saturated carbocycles. The van der Waals surface area contributed by atoms with Crippen molar-refractivity contribution >= 4 is 6.09 Å². The molecule has 3 N–H and O–H groups in total. The van der Waals surface area contributed by atoms with Gasteiger partial charge in [-0.05, 0) is 40.5 Å². The molecule has 0 bridgehead atoms. The van der Waals surface area contributed by atoms with E-state index in [1.54, 1.807) is 6.92 Å². The second-order valence-corrected chi connectivity index (χ2v) is 5.16. The highest BCUT2D eigenvalue weighted by atomic mass is 16.6. The molecule has 4 nitrogen and oxygen atoms in total. The molecule has 1 atom stereocenters. The average molecular weight is 224 g/mol. The van der Waals surface area contributed by atoms with Gasteiger partial charge in [0, 0.05) is 0 Å². The first kappa shape index (κ1) is 12.9. The van der Waals surface area contributed by atoms with E-state index >= 15 is 0 Å². The molecule has 1 amide bonds. The lowest BCUT2D eigenvalue weighted by Crippen LogP contribution is -2.50. The standard InChI is InChI=1S/C12H20N2O2/c1-5-6-9(13)12(7-8-12)14-10(15)16-11(2,3)4/h9H,7-8,13H2,1-4H3,(H,14,15). The molecule has 0 aromatic rings. The molecule has 0 radical (unpaired) electrons. The summed E-state index contributed by atoms with van der Waals surface area (Å²) in [5, 5.41) is 2.82. The summed E-state index contributed by atoms with van der Waals surface area (Å²) < 4.78 is 5.19. The Hall–Kier alpha value is -1.21. The number of rotatable bonds is 2. The van der Waals surface area contributed by atoms with E-state index in [-0.39, 0.29) is 11.6 Å². The summed E-state index contributed by atoms with van der Waals surface area (Å²) >= 11 is 0. The van der Waals surface area contributed by atoms with Crippen molar-refractivity contribution in [2.45, 2.75) is 57.7 Å². The van der Waals surface area contributed by atoms with Crippen LogP contribution in [0.15, 0.2) is 0 Å². The van der Waals surface area contributed by atoms with Gasteiger partial charge in [-0.2, -0.15) is 0 Å². The Morgan fingerprint density at radius 3 is 2.44 bits per heavy atom. The molecule has 1 aliphatic carbocycles. The van der Waals surface area contributed by atoms with Crippen LogP contribution in [0.2, 0.25) is 0 Å². The third-order valence-electron chi connectivity index (χ3n) is 2.43. The van der Waals surface area contributed by atoms with Gasteiger partial charge in [-0.25, -0.2) is 4.79 Å². The monoisotopic (exact) mass is 224 g/mol. The maximum absolute atomic E-state index is 11.6. The molecule has 0 aromatic heterocycles. The molecule has 0 saturated heterocycles. The number of hydrogen-bond donors (Lipinski definition) is 2. The van der Waals surface area contributed by atoms with Crippen molar-refractivity contribution in [1.82, 2.24) is 5.32 Å². The highest BCUT2D eigenvalue weighted by Crippen LogP contribution is 2.38. The van der Waals surface area contributed by atoms with Crippen LogP contribution in [0.25, 0.3) is 0 Å². The van der Waals surface area contributed by atoms with Crippen molar-refractivity contribution < 1.29 is 9.53 Å². The highest BCUT2D eigenvalue weighted by molar-refractivity contribution is 5.70. The number of ether oxygens (including phenoxy) is 1. The summed E-state index contributed by atoms with van der Waals surface area (Å²) in [4.78, 5) is 11.6. The van der Waals surface area contributed by atoms with Crippen LogP contribution in [0.1, 0.15) is 40.5 Å². The first-order valence-electron chi connectivity index (χ1n) is 5.48. The summed E-state index contributed by atoms with van der Waals surface area (Å²) in [6.45, 7) is 7.23. The van der Waals surface area contributed by atoms with Crippen molar-refractivity contribution in [3.8, 4) is 11.8 Å². The fourth-order valence-corrected chi connectivity index (χ4v) is 1.45. The zero-order chi connectivity index (χ0) is 12.4. The maximum Gasteiger partial charge on any atom is 0.408 e. The van der Waals surface area contributed by atoms with E-state index in [1.807, 2.05) is 20.8 Å². The minimum Gasteiger partial charge on any atom is -0.444 e. The van der Waals surface area contributed by atoms with Crippen LogP contribution >= 0.6 is 0 Å². The summed E-state index contributed by atoms with van der Waals surface area (Å²) in [6, 6.07) is -0.315. The number of hydrogen-bond acceptors (Lipinski definition) is 3. The van der Waals surface area contributed by atoms with Crippen LogP contribution in [0.3, 0.4) is 0 Å². The van der Waals surface area contributed by atoms with Gasteiger partial charge in [-0.15, -0.1) is 5.92 Å². The summed E-state index contributed by atoms with van der Waals surface area (Å²) in [7, 11) is 0. The lowest BCUT2D eigenvalue weighted by molar-refractivity contribution is 0.0493. The van der Waals surface area contributed by atoms with Gasteiger partial charge < -0.3 is 15.8 Å². The van der Waals surface area contributed by atoms with E-state index in [4.69, 9.17) is 10.5 Å². The summed E-state index contributed by atoms with van der Waals surface area (Å²) in [6.07, 6.45) is 1.31. The summed E-state index contributed by atoms with van der Waals surface area (Å²) in [5.74, 6) is 5.64. The molecule has 90 valence electrons. The normalized spacial score (nSPS) is 19.1. The maximum atomic E-state index is 11.6. The topological polar surface area (TPSA) is 64.3 Å². The number of carbonyl (C=O) groups is 1. The molecular formula is C12H20N2O2. The van der Waals surface area contributed by atoms with Gasteiger partial charge in [0.15, 0.2) is 0 Å². The van der Waals surface area contributed by atoms with Gasteiger partial charge in [-0.3, -0.25) is 0 Å². The largest absolute Gasteiger partial charge is 0.444 e. The molecule has 16 heavy (non-hydrogen) atoms. The van der Waals surface area contributed by atoms with Crippen LogP contribution in [0, 0.1) is 11.8 Å². The minimum atomic E-state index is -0.485. The van der Waals surface area contributed by atoms with Gasteiger partial charge in [0.25, 0.3) is 0 Å². The van der Waals surface area contributed by atoms with E-state index in [0.717, 1.165) is 12.8 Å². The Kier molecular flexibility index (Phi) is 3.49. The molecule has 0 aromatic carbocycles. The fraction of sp³-hybridized carbons (Fsp3) is 0.750. The zero-order valence-electron chi connectivity index (χ0n) is 10.4. The number of amides is 1. The van der Waals surface area contributed by atoms with Gasteiger partial charge in [0.05, 0.1) is 11.6 Å². The van der Waals surface area contributed by atoms with Crippen molar-refractivity contribution in [3.05, 3.63) is 0 Å². The van der Waals surface area contributed by atoms with E-state index in [1.165, 1.54) is 0 Å². The lowest BCUT2D eigenvalue weighted by atomic mass is 10.1. The Morgan fingerprint density at radius 1 is 1.50 bits per heavy atom. The summed E-state index contributed by atoms with van der Waals surface area (Å²) in [5.41, 5.74) is 5.04. The lowest BCUT2D eigenvalue weighted by Gasteiger charge is -2.24. The predicted octanol–water partition coefficient (Wildman–Crippen LogP) is 1.39. The average Bonchev–Trinajstić information content (AvgIpc) is 2.82. The fourth-order valence-electron chi connectivity index (χ4n) is 1.45. The Balaban J connectivity index is 2.53. The molecule has 0 aliphatic heterocycles. The Bertz CT molecular complexity index is 329. The van der Waals surface area contributed by atoms with Crippen molar-refractivity contribution in [2.75, 3.05) is 0 Å². The molecule has 0 spiro atoms. The molecular weight excluding hydrogens is 204 g/mol. The van der Waals surface area contributed by atoms with Crippen molar-refractivity contribution in [2.24, 2.45) is 5.73 Å². The van der Waals surface area contributed by atoms with Gasteiger partial charge in [-0.1, -0.05) is 5.92 Å². The highest BCUT2D eigenvalue weighted by Gasteiger charge is 2.49. The van der Waals surface area contributed by atoms with Gasteiger partial charge >= 0.3 is 6.09 Å². The quantitative estimate of drug-likeness (QED) is 0.697. The van der Waals surface area contributed by atoms with Crippen molar-refractivity contribution in [1.29, 1.82) is 0 Å². The van der Waals surface area contributed by atoms with E-state index < -0.39 is 11.7 Å². The first-order chi connectivity index (χ1) is 7.29. The number of nitrogens with two attached hydrogens (primary N) is 1. The zero-order valence-corrected chi connectivity index (χ0v) is 10.4. The van der Waals surface area contributed by atoms with E-state index in [2.05, 4.69) is 17.2 Å². The molecule has 4 heteroatoms. The second kappa shape index (κ2) is 4.34.